The van der Waals surface area contributed by atoms with Crippen molar-refractivity contribution in [1.29, 1.82) is 0 Å². The maximum atomic E-state index is 11.7. The second-order valence-corrected chi connectivity index (χ2v) is 4.72. The summed E-state index contributed by atoms with van der Waals surface area (Å²) < 4.78 is 20.5. The van der Waals surface area contributed by atoms with Gasteiger partial charge in [-0.25, -0.2) is 4.79 Å². The molecule has 0 saturated heterocycles. The first-order valence-corrected chi connectivity index (χ1v) is 6.80. The number of esters is 1. The average Bonchev–Trinajstić information content (AvgIpc) is 3.03. The van der Waals surface area contributed by atoms with Gasteiger partial charge in [-0.2, -0.15) is 0 Å². The Labute approximate surface area is 130 Å². The fourth-order valence-electron chi connectivity index (χ4n) is 1.69. The van der Waals surface area contributed by atoms with Gasteiger partial charge in [0.15, 0.2) is 6.61 Å². The smallest absolute Gasteiger partial charge is 0.377 e. The van der Waals surface area contributed by atoms with E-state index in [-0.39, 0.29) is 18.3 Å². The molecule has 114 valence electrons. The molecule has 3 rings (SSSR count). The molecule has 0 bridgehead atoms. The number of aromatic nitrogens is 2. The quantitative estimate of drug-likeness (QED) is 0.799. The molecular formula is C14H11ClN2O5. The van der Waals surface area contributed by atoms with Gasteiger partial charge in [0.05, 0.1) is 0 Å². The van der Waals surface area contributed by atoms with Crippen molar-refractivity contribution >= 4 is 17.6 Å². The number of benzene rings is 1. The molecule has 22 heavy (non-hydrogen) atoms. The SMILES string of the molecule is O=C(OCc1nnc(-c2ccc(Cl)cc2)o1)C1=COCCO1. The molecule has 0 aliphatic carbocycles. The Balaban J connectivity index is 1.61. The largest absolute Gasteiger partial charge is 0.493 e. The summed E-state index contributed by atoms with van der Waals surface area (Å²) in [6.45, 7) is 0.563. The summed E-state index contributed by atoms with van der Waals surface area (Å²) in [5.74, 6) is -0.135. The van der Waals surface area contributed by atoms with E-state index in [9.17, 15) is 4.79 Å². The van der Waals surface area contributed by atoms with Crippen LogP contribution in [0.5, 0.6) is 0 Å². The molecule has 0 unspecified atom stereocenters. The monoisotopic (exact) mass is 322 g/mol. The third-order valence-corrected chi connectivity index (χ3v) is 2.99. The van der Waals surface area contributed by atoms with Crippen LogP contribution < -0.4 is 0 Å². The molecule has 1 aliphatic rings. The summed E-state index contributed by atoms with van der Waals surface area (Å²) in [7, 11) is 0. The van der Waals surface area contributed by atoms with Crippen LogP contribution in [0.4, 0.5) is 0 Å². The summed E-state index contributed by atoms with van der Waals surface area (Å²) >= 11 is 5.81. The van der Waals surface area contributed by atoms with E-state index in [2.05, 4.69) is 10.2 Å². The lowest BCUT2D eigenvalue weighted by Gasteiger charge is -2.13. The fourth-order valence-corrected chi connectivity index (χ4v) is 1.82. The van der Waals surface area contributed by atoms with E-state index in [1.165, 1.54) is 6.26 Å². The number of ether oxygens (including phenoxy) is 3. The van der Waals surface area contributed by atoms with E-state index in [0.717, 1.165) is 5.56 Å². The first kappa shape index (κ1) is 14.4. The molecule has 0 radical (unpaired) electrons. The van der Waals surface area contributed by atoms with Crippen LogP contribution in [0.3, 0.4) is 0 Å². The highest BCUT2D eigenvalue weighted by Gasteiger charge is 2.18. The second-order valence-electron chi connectivity index (χ2n) is 4.29. The van der Waals surface area contributed by atoms with Crippen LogP contribution in [-0.4, -0.2) is 29.4 Å². The minimum Gasteiger partial charge on any atom is -0.493 e. The molecule has 1 aliphatic heterocycles. The zero-order valence-electron chi connectivity index (χ0n) is 11.3. The van der Waals surface area contributed by atoms with Gasteiger partial charge >= 0.3 is 5.97 Å². The van der Waals surface area contributed by atoms with Gasteiger partial charge in [0.2, 0.25) is 11.6 Å². The zero-order chi connectivity index (χ0) is 15.4. The van der Waals surface area contributed by atoms with Crippen molar-refractivity contribution in [2.75, 3.05) is 13.2 Å². The number of nitrogens with zero attached hydrogens (tertiary/aromatic N) is 2. The summed E-state index contributed by atoms with van der Waals surface area (Å²) in [6.07, 6.45) is 1.22. The van der Waals surface area contributed by atoms with Gasteiger partial charge in [0.1, 0.15) is 19.5 Å². The van der Waals surface area contributed by atoms with E-state index >= 15 is 0 Å². The predicted octanol–water partition coefficient (Wildman–Crippen LogP) is 2.32. The average molecular weight is 323 g/mol. The lowest BCUT2D eigenvalue weighted by Crippen LogP contribution is -2.17. The number of carbonyl (C=O) groups excluding carboxylic acids is 1. The van der Waals surface area contributed by atoms with Gasteiger partial charge in [-0.05, 0) is 24.3 Å². The summed E-state index contributed by atoms with van der Waals surface area (Å²) in [4.78, 5) is 11.7. The Kier molecular flexibility index (Phi) is 4.24. The first-order chi connectivity index (χ1) is 10.7. The van der Waals surface area contributed by atoms with Crippen LogP contribution >= 0.6 is 11.6 Å². The Bertz CT molecular complexity index is 696. The Morgan fingerprint density at radius 2 is 2.05 bits per heavy atom. The Morgan fingerprint density at radius 3 is 2.77 bits per heavy atom. The molecule has 0 atom stereocenters. The predicted molar refractivity (Wildman–Crippen MR) is 74.5 cm³/mol. The van der Waals surface area contributed by atoms with Gasteiger partial charge in [-0.1, -0.05) is 11.6 Å². The number of carbonyl (C=O) groups is 1. The van der Waals surface area contributed by atoms with Gasteiger partial charge in [0.25, 0.3) is 5.89 Å². The molecule has 2 aromatic rings. The van der Waals surface area contributed by atoms with Crippen LogP contribution in [0.1, 0.15) is 5.89 Å². The minimum absolute atomic E-state index is 0.0173. The molecule has 7 nitrogen and oxygen atoms in total. The topological polar surface area (TPSA) is 83.7 Å². The fraction of sp³-hybridized carbons (Fsp3) is 0.214. The van der Waals surface area contributed by atoms with Crippen LogP contribution in [0, 0.1) is 0 Å². The van der Waals surface area contributed by atoms with Crippen molar-refractivity contribution in [1.82, 2.24) is 10.2 Å². The molecular weight excluding hydrogens is 312 g/mol. The van der Waals surface area contributed by atoms with Crippen LogP contribution in [0.2, 0.25) is 5.02 Å². The summed E-state index contributed by atoms with van der Waals surface area (Å²) in [6, 6.07) is 6.94. The van der Waals surface area contributed by atoms with Gasteiger partial charge < -0.3 is 18.6 Å². The van der Waals surface area contributed by atoms with E-state index in [0.29, 0.717) is 24.1 Å². The maximum absolute atomic E-state index is 11.7. The van der Waals surface area contributed by atoms with E-state index in [1.54, 1.807) is 24.3 Å². The lowest BCUT2D eigenvalue weighted by atomic mass is 10.2. The van der Waals surface area contributed by atoms with Crippen molar-refractivity contribution in [3.63, 3.8) is 0 Å². The molecule has 0 N–H and O–H groups in total. The molecule has 0 fully saturated rings. The highest BCUT2D eigenvalue weighted by Crippen LogP contribution is 2.20. The number of hydrogen-bond donors (Lipinski definition) is 0. The molecule has 0 amide bonds. The van der Waals surface area contributed by atoms with Crippen molar-refractivity contribution in [3.8, 4) is 11.5 Å². The normalized spacial score (nSPS) is 13.8. The molecule has 1 aromatic heterocycles. The summed E-state index contributed by atoms with van der Waals surface area (Å²) in [5, 5.41) is 8.31. The number of halogens is 1. The van der Waals surface area contributed by atoms with Crippen LogP contribution in [-0.2, 0) is 25.6 Å². The zero-order valence-corrected chi connectivity index (χ0v) is 12.1. The Morgan fingerprint density at radius 1 is 1.23 bits per heavy atom. The highest BCUT2D eigenvalue weighted by molar-refractivity contribution is 6.30. The van der Waals surface area contributed by atoms with Gasteiger partial charge in [-0.3, -0.25) is 0 Å². The molecule has 0 saturated carbocycles. The van der Waals surface area contributed by atoms with Gasteiger partial charge in [0, 0.05) is 10.6 Å². The van der Waals surface area contributed by atoms with Crippen LogP contribution in [0.25, 0.3) is 11.5 Å². The maximum Gasteiger partial charge on any atom is 0.377 e. The van der Waals surface area contributed by atoms with Crippen LogP contribution in [0.15, 0.2) is 40.7 Å². The van der Waals surface area contributed by atoms with Crippen molar-refractivity contribution < 1.29 is 23.4 Å². The molecule has 8 heteroatoms. The first-order valence-electron chi connectivity index (χ1n) is 6.42. The lowest BCUT2D eigenvalue weighted by molar-refractivity contribution is -0.146. The molecule has 0 spiro atoms. The third-order valence-electron chi connectivity index (χ3n) is 2.74. The van der Waals surface area contributed by atoms with Crippen molar-refractivity contribution in [2.45, 2.75) is 6.61 Å². The summed E-state index contributed by atoms with van der Waals surface area (Å²) in [5.41, 5.74) is 0.723. The minimum atomic E-state index is -0.647. The molecule has 2 heterocycles. The van der Waals surface area contributed by atoms with Crippen molar-refractivity contribution in [3.05, 3.63) is 47.2 Å². The Hall–Kier alpha value is -2.54. The van der Waals surface area contributed by atoms with E-state index in [4.69, 9.17) is 30.2 Å². The third kappa shape index (κ3) is 3.37. The van der Waals surface area contributed by atoms with Crippen molar-refractivity contribution in [2.24, 2.45) is 0 Å². The number of rotatable bonds is 4. The highest BCUT2D eigenvalue weighted by atomic mass is 35.5. The standard InChI is InChI=1S/C14H11ClN2O5/c15-10-3-1-9(2-4-10)13-17-16-12(22-13)8-21-14(18)11-7-19-5-6-20-11/h1-4,7H,5-6,8H2. The van der Waals surface area contributed by atoms with E-state index < -0.39 is 5.97 Å². The number of hydrogen-bond acceptors (Lipinski definition) is 7. The second kappa shape index (κ2) is 6.48. The van der Waals surface area contributed by atoms with Gasteiger partial charge in [-0.15, -0.1) is 10.2 Å². The van der Waals surface area contributed by atoms with E-state index in [1.807, 2.05) is 0 Å². The molecule has 1 aromatic carbocycles.